The molecule has 1 fully saturated rings. The van der Waals surface area contributed by atoms with E-state index in [1.807, 2.05) is 88.9 Å². The molecule has 2 unspecified atom stereocenters. The van der Waals surface area contributed by atoms with E-state index in [0.717, 1.165) is 58.4 Å². The molecular weight excluding hydrogens is 604 g/mol. The van der Waals surface area contributed by atoms with Crippen molar-refractivity contribution in [1.29, 1.82) is 0 Å². The van der Waals surface area contributed by atoms with E-state index in [1.54, 1.807) is 11.2 Å². The fourth-order valence-electron chi connectivity index (χ4n) is 5.97. The van der Waals surface area contributed by atoms with E-state index in [-0.39, 0.29) is 12.1 Å². The fraction of sp³-hybridized carbons (Fsp3) is 0.421. The van der Waals surface area contributed by atoms with Gasteiger partial charge in [-0.1, -0.05) is 35.8 Å². The van der Waals surface area contributed by atoms with Crippen molar-refractivity contribution >= 4 is 23.2 Å². The summed E-state index contributed by atoms with van der Waals surface area (Å²) in [6.07, 6.45) is 4.35. The molecular formula is C38H42N6O4. The number of piperidine rings is 1. The van der Waals surface area contributed by atoms with Gasteiger partial charge >= 0.3 is 12.2 Å². The lowest BCUT2D eigenvalue weighted by molar-refractivity contribution is 0.00903. The van der Waals surface area contributed by atoms with Gasteiger partial charge in [0.1, 0.15) is 17.0 Å². The number of likely N-dealkylation sites (tertiary alicyclic amines) is 1. The molecule has 0 saturated carbocycles. The zero-order chi connectivity index (χ0) is 34.1. The average Bonchev–Trinajstić information content (AvgIpc) is 3.70. The maximum absolute atomic E-state index is 13.1. The number of imidazole rings is 2. The molecule has 2 aromatic heterocycles. The second kappa shape index (κ2) is 13.1. The van der Waals surface area contributed by atoms with Crippen molar-refractivity contribution in [1.82, 2.24) is 29.7 Å². The van der Waals surface area contributed by atoms with E-state index < -0.39 is 23.3 Å². The van der Waals surface area contributed by atoms with Crippen molar-refractivity contribution in [2.75, 3.05) is 13.1 Å². The summed E-state index contributed by atoms with van der Waals surface area (Å²) in [5, 5.41) is 0. The summed E-state index contributed by atoms with van der Waals surface area (Å²) >= 11 is 0. The summed E-state index contributed by atoms with van der Waals surface area (Å²) < 4.78 is 11.4. The predicted octanol–water partition coefficient (Wildman–Crippen LogP) is 7.50. The molecule has 10 heteroatoms. The van der Waals surface area contributed by atoms with Crippen LogP contribution in [-0.4, -0.2) is 66.2 Å². The minimum absolute atomic E-state index is 0.150. The Kier molecular flexibility index (Phi) is 8.94. The van der Waals surface area contributed by atoms with Gasteiger partial charge in [-0.15, -0.1) is 0 Å². The van der Waals surface area contributed by atoms with Crippen LogP contribution in [0.4, 0.5) is 9.59 Å². The Morgan fingerprint density at radius 2 is 1.65 bits per heavy atom. The molecule has 2 aliphatic rings. The smallest absolute Gasteiger partial charge is 0.411 e. The number of carbonyl (C=O) groups is 2. The monoisotopic (exact) mass is 646 g/mol. The average molecular weight is 647 g/mol. The number of rotatable bonds is 3. The van der Waals surface area contributed by atoms with Crippen LogP contribution < -0.4 is 0 Å². The molecule has 2 aliphatic heterocycles. The Bertz CT molecular complexity index is 1960. The number of fused-ring (bicyclic) bond motifs is 1. The molecule has 0 spiro atoms. The number of carbonyl (C=O) groups excluding carboxylic acids is 2. The molecule has 0 aliphatic carbocycles. The van der Waals surface area contributed by atoms with Crippen LogP contribution >= 0.6 is 0 Å². The normalized spacial score (nSPS) is 18.0. The molecule has 2 N–H and O–H groups in total. The summed E-state index contributed by atoms with van der Waals surface area (Å²) in [7, 11) is 0. The molecule has 2 amide bonds. The van der Waals surface area contributed by atoms with E-state index in [2.05, 4.69) is 38.6 Å². The first kappa shape index (κ1) is 32.7. The second-order valence-electron chi connectivity index (χ2n) is 14.2. The zero-order valence-electron chi connectivity index (χ0n) is 28.4. The van der Waals surface area contributed by atoms with Crippen LogP contribution in [-0.2, 0) is 9.47 Å². The number of nitrogens with one attached hydrogen (secondary N) is 2. The number of aromatic amines is 2. The van der Waals surface area contributed by atoms with Gasteiger partial charge in [-0.05, 0) is 91.1 Å². The molecule has 2 aromatic carbocycles. The lowest BCUT2D eigenvalue weighted by Gasteiger charge is -2.36. The molecule has 2 atom stereocenters. The Morgan fingerprint density at radius 1 is 0.917 bits per heavy atom. The first-order valence-corrected chi connectivity index (χ1v) is 16.5. The maximum Gasteiger partial charge on any atom is 0.411 e. The van der Waals surface area contributed by atoms with Crippen molar-refractivity contribution in [2.24, 2.45) is 0 Å². The lowest BCUT2D eigenvalue weighted by atomic mass is 9.96. The van der Waals surface area contributed by atoms with Crippen molar-refractivity contribution in [3.63, 3.8) is 0 Å². The summed E-state index contributed by atoms with van der Waals surface area (Å²) in [6.45, 7) is 12.3. The minimum Gasteiger partial charge on any atom is -0.444 e. The number of H-pyrrole nitrogens is 2. The predicted molar refractivity (Wildman–Crippen MR) is 184 cm³/mol. The number of nitrogens with zero attached hydrogens (tertiary/aromatic N) is 4. The Morgan fingerprint density at radius 3 is 2.40 bits per heavy atom. The van der Waals surface area contributed by atoms with Crippen molar-refractivity contribution < 1.29 is 19.1 Å². The van der Waals surface area contributed by atoms with Gasteiger partial charge < -0.3 is 19.4 Å². The standard InChI is InChI=1S/C38H42N6O4/c1-37(2,3)47-35(45)43-20-9-7-14-30(43)33-32(39-24-40-33)27-13-11-12-25(22-27)16-17-26-18-19-28-29(23-26)42-34(41-28)31-15-8-10-21-44(31)36(46)48-38(4,5)6/h11-13,18-19,22-24,30-31H,7,9-10,14,20-21H2,1-6H3,(H,39,40)(H,41,42). The number of hydrogen-bond acceptors (Lipinski definition) is 6. The van der Waals surface area contributed by atoms with E-state index in [4.69, 9.17) is 14.5 Å². The van der Waals surface area contributed by atoms with E-state index in [0.29, 0.717) is 25.3 Å². The van der Waals surface area contributed by atoms with Crippen molar-refractivity contribution in [3.05, 3.63) is 71.4 Å². The van der Waals surface area contributed by atoms with Crippen LogP contribution in [0.1, 0.15) is 102 Å². The Balaban J connectivity index is 1.22. The highest BCUT2D eigenvalue weighted by molar-refractivity contribution is 5.78. The molecule has 10 nitrogen and oxygen atoms in total. The first-order valence-electron chi connectivity index (χ1n) is 16.5. The van der Waals surface area contributed by atoms with Crippen molar-refractivity contribution in [2.45, 2.75) is 90.5 Å². The van der Waals surface area contributed by atoms with Crippen LogP contribution in [0.15, 0.2) is 48.8 Å². The summed E-state index contributed by atoms with van der Waals surface area (Å²) in [4.78, 5) is 45.6. The van der Waals surface area contributed by atoms with Gasteiger partial charge in [0, 0.05) is 36.2 Å². The van der Waals surface area contributed by atoms with Crippen LogP contribution in [0, 0.1) is 23.7 Å². The summed E-state index contributed by atoms with van der Waals surface area (Å²) in [5.74, 6) is 13.4. The van der Waals surface area contributed by atoms with E-state index in [9.17, 15) is 9.59 Å². The number of aromatic nitrogens is 4. The molecule has 6 rings (SSSR count). The highest BCUT2D eigenvalue weighted by Crippen LogP contribution is 2.36. The molecule has 4 heterocycles. The number of hydrogen-bond donors (Lipinski definition) is 2. The summed E-state index contributed by atoms with van der Waals surface area (Å²) in [6, 6.07) is 13.1. The third-order valence-electron chi connectivity index (χ3n) is 8.04. The van der Waals surface area contributed by atoms with Crippen LogP contribution in [0.3, 0.4) is 0 Å². The van der Waals surface area contributed by atoms with Gasteiger partial charge in [0.15, 0.2) is 6.04 Å². The minimum atomic E-state index is -0.605. The first-order chi connectivity index (χ1) is 22.8. The van der Waals surface area contributed by atoms with Crippen molar-refractivity contribution in [3.8, 4) is 34.9 Å². The third kappa shape index (κ3) is 7.50. The molecule has 1 saturated heterocycles. The Labute approximate surface area is 281 Å². The van der Waals surface area contributed by atoms with Crippen LogP contribution in [0.25, 0.3) is 22.3 Å². The van der Waals surface area contributed by atoms with Gasteiger partial charge in [-0.2, -0.15) is 0 Å². The highest BCUT2D eigenvalue weighted by Gasteiger charge is 2.34. The van der Waals surface area contributed by atoms with Crippen LogP contribution in [0.2, 0.25) is 0 Å². The van der Waals surface area contributed by atoms with Crippen LogP contribution in [0.5, 0.6) is 0 Å². The summed E-state index contributed by atoms with van der Waals surface area (Å²) in [5.41, 5.74) is 4.68. The number of amides is 2. The van der Waals surface area contributed by atoms with Gasteiger partial charge in [0.2, 0.25) is 0 Å². The lowest BCUT2D eigenvalue weighted by Crippen LogP contribution is -2.42. The van der Waals surface area contributed by atoms with Gasteiger partial charge in [0.25, 0.3) is 0 Å². The largest absolute Gasteiger partial charge is 0.444 e. The quantitative estimate of drug-likeness (QED) is 0.223. The molecule has 48 heavy (non-hydrogen) atoms. The Hall–Kier alpha value is -5.22. The molecule has 248 valence electrons. The second-order valence-corrected chi connectivity index (χ2v) is 14.2. The molecule has 0 bridgehead atoms. The fourth-order valence-corrected chi connectivity index (χ4v) is 5.97. The van der Waals surface area contributed by atoms with Gasteiger partial charge in [-0.3, -0.25) is 9.80 Å². The molecule has 4 aromatic rings. The zero-order valence-corrected chi connectivity index (χ0v) is 28.4. The SMILES string of the molecule is CC(C)(C)OC(=O)N1CCC#CC1c1nc2ccc(C#Cc3cccc(-c4nc[nH]c4C4CCCCN4C(=O)OC(C)(C)C)c3)cc2[nH]1. The number of ether oxygens (including phenoxy) is 2. The number of benzene rings is 2. The van der Waals surface area contributed by atoms with E-state index >= 15 is 0 Å². The topological polar surface area (TPSA) is 116 Å². The molecule has 0 radical (unpaired) electrons. The highest BCUT2D eigenvalue weighted by atomic mass is 16.6. The van der Waals surface area contributed by atoms with E-state index in [1.165, 1.54) is 0 Å². The van der Waals surface area contributed by atoms with Gasteiger partial charge in [0.05, 0.1) is 34.8 Å². The third-order valence-corrected chi connectivity index (χ3v) is 8.04. The van der Waals surface area contributed by atoms with Gasteiger partial charge in [-0.25, -0.2) is 19.6 Å². The maximum atomic E-state index is 13.1.